The summed E-state index contributed by atoms with van der Waals surface area (Å²) >= 11 is 0. The van der Waals surface area contributed by atoms with Crippen LogP contribution in [0.4, 0.5) is 31.5 Å². The fourth-order valence-electron chi connectivity index (χ4n) is 5.75. The molecule has 0 aliphatic heterocycles. The lowest BCUT2D eigenvalue weighted by atomic mass is 9.92. The number of esters is 1. The second-order valence-electron chi connectivity index (χ2n) is 12.4. The van der Waals surface area contributed by atoms with Crippen molar-refractivity contribution in [2.75, 3.05) is 42.4 Å². The quantitative estimate of drug-likeness (QED) is 0.125. The molecule has 0 radical (unpaired) electrons. The molecule has 2 aromatic carbocycles. The molecule has 0 spiro atoms. The maximum Gasteiger partial charge on any atom is 0.338 e. The highest BCUT2D eigenvalue weighted by molar-refractivity contribution is 5.92. The Kier molecular flexibility index (Phi) is 18.8. The molecule has 0 bridgehead atoms. The van der Waals surface area contributed by atoms with Crippen molar-refractivity contribution in [3.8, 4) is 0 Å². The summed E-state index contributed by atoms with van der Waals surface area (Å²) in [6.07, 6.45) is 15.9. The van der Waals surface area contributed by atoms with Crippen LogP contribution in [-0.4, -0.2) is 50.6 Å². The van der Waals surface area contributed by atoms with Gasteiger partial charge in [0, 0.05) is 44.2 Å². The molecule has 0 heterocycles. The number of ether oxygens (including phenoxy) is 2. The highest BCUT2D eigenvalue weighted by Gasteiger charge is 2.34. The first kappa shape index (κ1) is 39.8. The number of rotatable bonds is 8. The number of methoxy groups -OCH3 is 1. The largest absolute Gasteiger partial charge is 0.462 e. The summed E-state index contributed by atoms with van der Waals surface area (Å²) in [6, 6.07) is 10.9. The molecule has 47 heavy (non-hydrogen) atoms. The predicted molar refractivity (Wildman–Crippen MR) is 190 cm³/mol. The number of nitrogens with two attached hydrogens (primary N) is 2. The van der Waals surface area contributed by atoms with Crippen molar-refractivity contribution < 1.29 is 27.8 Å². The van der Waals surface area contributed by atoms with E-state index in [2.05, 4.69) is 15.4 Å². The van der Waals surface area contributed by atoms with E-state index in [0.717, 1.165) is 18.6 Å². The smallest absolute Gasteiger partial charge is 0.338 e. The minimum atomic E-state index is -2.52. The molecule has 2 aromatic rings. The van der Waals surface area contributed by atoms with E-state index in [-0.39, 0.29) is 24.9 Å². The number of benzene rings is 2. The molecule has 2 saturated carbocycles. The topological polar surface area (TPSA) is 129 Å². The number of aldehydes is 1. The molecule has 2 aliphatic rings. The summed E-state index contributed by atoms with van der Waals surface area (Å²) < 4.78 is 35.6. The van der Waals surface area contributed by atoms with Crippen molar-refractivity contribution in [3.63, 3.8) is 0 Å². The third-order valence-electron chi connectivity index (χ3n) is 8.60. The number of carbonyl (C=O) groups is 2. The summed E-state index contributed by atoms with van der Waals surface area (Å²) in [5.74, 6) is -2.84. The lowest BCUT2D eigenvalue weighted by molar-refractivity contribution is -0.0360. The SMILES string of the molecule is CCOC.CCOC(=O)c1ccc(NC2CCCCCCCCCCC2)c(N)c1.Nc1cc(C=O)ccc1NC1CCC(F)(F)CC1. The van der Waals surface area contributed by atoms with E-state index in [9.17, 15) is 18.4 Å². The average Bonchev–Trinajstić information content (AvgIpc) is 3.05. The summed E-state index contributed by atoms with van der Waals surface area (Å²) in [4.78, 5) is 22.4. The minimum absolute atomic E-state index is 0.0222. The summed E-state index contributed by atoms with van der Waals surface area (Å²) in [6.45, 7) is 4.96. The summed E-state index contributed by atoms with van der Waals surface area (Å²) in [5, 5.41) is 6.79. The molecule has 4 rings (SSSR count). The number of carbonyl (C=O) groups excluding carboxylic acids is 2. The molecule has 0 atom stereocenters. The normalized spacial score (nSPS) is 17.6. The minimum Gasteiger partial charge on any atom is -0.462 e. The van der Waals surface area contributed by atoms with Gasteiger partial charge in [-0.3, -0.25) is 4.79 Å². The van der Waals surface area contributed by atoms with Gasteiger partial charge >= 0.3 is 5.97 Å². The Bertz CT molecular complexity index is 1170. The lowest BCUT2D eigenvalue weighted by Gasteiger charge is -2.29. The molecular weight excluding hydrogens is 602 g/mol. The third kappa shape index (κ3) is 15.8. The fourth-order valence-corrected chi connectivity index (χ4v) is 5.75. The van der Waals surface area contributed by atoms with Crippen molar-refractivity contribution in [1.82, 2.24) is 0 Å². The molecule has 264 valence electrons. The Morgan fingerprint density at radius 1 is 0.787 bits per heavy atom. The molecule has 6 N–H and O–H groups in total. The van der Waals surface area contributed by atoms with Crippen LogP contribution in [-0.2, 0) is 9.47 Å². The summed E-state index contributed by atoms with van der Waals surface area (Å²) in [5.41, 5.74) is 15.7. The van der Waals surface area contributed by atoms with Crippen LogP contribution < -0.4 is 22.1 Å². The van der Waals surface area contributed by atoms with E-state index >= 15 is 0 Å². The van der Waals surface area contributed by atoms with Gasteiger partial charge < -0.3 is 31.6 Å². The van der Waals surface area contributed by atoms with Crippen LogP contribution in [0.1, 0.15) is 131 Å². The van der Waals surface area contributed by atoms with E-state index in [4.69, 9.17) is 16.2 Å². The van der Waals surface area contributed by atoms with Gasteiger partial charge in [0.05, 0.1) is 34.9 Å². The van der Waals surface area contributed by atoms with Gasteiger partial charge in [-0.25, -0.2) is 13.6 Å². The zero-order chi connectivity index (χ0) is 34.5. The van der Waals surface area contributed by atoms with Crippen molar-refractivity contribution >= 4 is 35.0 Å². The van der Waals surface area contributed by atoms with Crippen LogP contribution in [0, 0.1) is 0 Å². The molecule has 0 amide bonds. The lowest BCUT2D eigenvalue weighted by Crippen LogP contribution is -2.32. The standard InChI is InChI=1S/C21H34N2O2.C13H16F2N2O.C3H8O/c1-2-25-21(24)17-14-15-20(19(22)16-17)23-18-12-10-8-6-4-3-5-7-9-11-13-18;14-13(15)5-3-10(4-6-13)17-12-2-1-9(8-18)7-11(12)16;1-3-4-2/h14-16,18,23H,2-13,22H2,1H3;1-2,7-8,10,17H,3-6,16H2;3H2,1-2H3. The Labute approximate surface area is 280 Å². The van der Waals surface area contributed by atoms with E-state index in [1.807, 2.05) is 13.0 Å². The van der Waals surface area contributed by atoms with Crippen molar-refractivity contribution in [1.29, 1.82) is 0 Å². The third-order valence-corrected chi connectivity index (χ3v) is 8.60. The van der Waals surface area contributed by atoms with Crippen LogP contribution in [0.5, 0.6) is 0 Å². The van der Waals surface area contributed by atoms with Crippen molar-refractivity contribution in [2.24, 2.45) is 0 Å². The maximum absolute atomic E-state index is 13.0. The molecular formula is C37H58F2N4O4. The highest BCUT2D eigenvalue weighted by atomic mass is 19.3. The Morgan fingerprint density at radius 3 is 1.70 bits per heavy atom. The Morgan fingerprint density at radius 2 is 1.26 bits per heavy atom. The highest BCUT2D eigenvalue weighted by Crippen LogP contribution is 2.35. The van der Waals surface area contributed by atoms with Gasteiger partial charge in [0.2, 0.25) is 5.92 Å². The van der Waals surface area contributed by atoms with Gasteiger partial charge in [-0.1, -0.05) is 57.8 Å². The number of hydrogen-bond acceptors (Lipinski definition) is 8. The second-order valence-corrected chi connectivity index (χ2v) is 12.4. The average molecular weight is 661 g/mol. The van der Waals surface area contributed by atoms with Gasteiger partial charge in [0.15, 0.2) is 0 Å². The zero-order valence-corrected chi connectivity index (χ0v) is 28.8. The van der Waals surface area contributed by atoms with Crippen molar-refractivity contribution in [3.05, 3.63) is 47.5 Å². The fraction of sp³-hybridized carbons (Fsp3) is 0.622. The second kappa shape index (κ2) is 22.2. The number of anilines is 4. The van der Waals surface area contributed by atoms with Crippen molar-refractivity contribution in [2.45, 2.75) is 128 Å². The molecule has 0 unspecified atom stereocenters. The monoisotopic (exact) mass is 660 g/mol. The number of nitrogen functional groups attached to an aromatic ring is 2. The van der Waals surface area contributed by atoms with Crippen LogP contribution in [0.25, 0.3) is 0 Å². The van der Waals surface area contributed by atoms with Gasteiger partial charge in [-0.05, 0) is 75.9 Å². The van der Waals surface area contributed by atoms with Gasteiger partial charge in [0.1, 0.15) is 6.29 Å². The first-order valence-electron chi connectivity index (χ1n) is 17.4. The Hall–Kier alpha value is -3.40. The van der Waals surface area contributed by atoms with Crippen LogP contribution in [0.3, 0.4) is 0 Å². The molecule has 2 aliphatic carbocycles. The Balaban J connectivity index is 0.000000305. The predicted octanol–water partition coefficient (Wildman–Crippen LogP) is 9.25. The van der Waals surface area contributed by atoms with E-state index in [0.29, 0.717) is 53.7 Å². The molecule has 10 heteroatoms. The molecule has 8 nitrogen and oxygen atoms in total. The van der Waals surface area contributed by atoms with E-state index in [1.165, 1.54) is 70.6 Å². The molecule has 2 fully saturated rings. The van der Waals surface area contributed by atoms with Crippen LogP contribution >= 0.6 is 0 Å². The van der Waals surface area contributed by atoms with Crippen LogP contribution in [0.2, 0.25) is 0 Å². The zero-order valence-electron chi connectivity index (χ0n) is 28.8. The van der Waals surface area contributed by atoms with E-state index < -0.39 is 5.92 Å². The number of alkyl halides is 2. The molecule has 0 aromatic heterocycles. The number of nitrogens with one attached hydrogen (secondary N) is 2. The first-order valence-corrected chi connectivity index (χ1v) is 17.4. The maximum atomic E-state index is 13.0. The summed E-state index contributed by atoms with van der Waals surface area (Å²) in [7, 11) is 1.68. The van der Waals surface area contributed by atoms with Gasteiger partial charge in [0.25, 0.3) is 0 Å². The first-order chi connectivity index (χ1) is 22.6. The van der Waals surface area contributed by atoms with E-state index in [1.54, 1.807) is 44.4 Å². The molecule has 0 saturated heterocycles. The number of hydrogen-bond donors (Lipinski definition) is 4. The van der Waals surface area contributed by atoms with Gasteiger partial charge in [-0.15, -0.1) is 0 Å². The van der Waals surface area contributed by atoms with Gasteiger partial charge in [-0.2, -0.15) is 0 Å². The number of halogens is 2. The van der Waals surface area contributed by atoms with Crippen LogP contribution in [0.15, 0.2) is 36.4 Å².